The Morgan fingerprint density at radius 1 is 0.812 bits per heavy atom. The molecule has 1 heteroatoms. The van der Waals surface area contributed by atoms with Crippen molar-refractivity contribution >= 4 is 14.0 Å². The van der Waals surface area contributed by atoms with Gasteiger partial charge in [0.2, 0.25) is 0 Å². The molecular formula is C31H44Si. The van der Waals surface area contributed by atoms with E-state index in [-0.39, 0.29) is 0 Å². The third-order valence-electron chi connectivity index (χ3n) is 9.33. The summed E-state index contributed by atoms with van der Waals surface area (Å²) in [6.45, 7) is 14.3. The molecule has 32 heavy (non-hydrogen) atoms. The van der Waals surface area contributed by atoms with E-state index >= 15 is 0 Å². The van der Waals surface area contributed by atoms with Crippen LogP contribution in [-0.2, 0) is 12.8 Å². The lowest BCUT2D eigenvalue weighted by Gasteiger charge is -2.49. The molecule has 4 rings (SSSR count). The third-order valence-corrected chi connectivity index (χ3v) is 14.1. The fourth-order valence-electron chi connectivity index (χ4n) is 7.16. The van der Waals surface area contributed by atoms with Gasteiger partial charge in [-0.15, -0.1) is 0 Å². The zero-order valence-corrected chi connectivity index (χ0v) is 22.6. The highest BCUT2D eigenvalue weighted by atomic mass is 28.3. The maximum atomic E-state index is 2.72. The van der Waals surface area contributed by atoms with Gasteiger partial charge in [-0.1, -0.05) is 91.9 Å². The van der Waals surface area contributed by atoms with Gasteiger partial charge in [0, 0.05) is 0 Å². The Kier molecular flexibility index (Phi) is 7.15. The van der Waals surface area contributed by atoms with Gasteiger partial charge in [0.05, 0.1) is 8.80 Å². The summed E-state index contributed by atoms with van der Waals surface area (Å²) < 4.78 is 0. The monoisotopic (exact) mass is 444 g/mol. The smallest absolute Gasteiger partial charge is 0.0840 e. The van der Waals surface area contributed by atoms with Crippen molar-refractivity contribution in [2.24, 2.45) is 5.92 Å². The van der Waals surface area contributed by atoms with Gasteiger partial charge in [-0.2, -0.15) is 0 Å². The molecule has 0 amide bonds. The van der Waals surface area contributed by atoms with Crippen molar-refractivity contribution in [3.8, 4) is 0 Å². The van der Waals surface area contributed by atoms with Crippen LogP contribution in [0.15, 0.2) is 64.8 Å². The lowest BCUT2D eigenvalue weighted by Crippen LogP contribution is -2.50. The fourth-order valence-corrected chi connectivity index (χ4v) is 12.6. The molecule has 0 nitrogen and oxygen atoms in total. The molecule has 1 aromatic carbocycles. The van der Waals surface area contributed by atoms with E-state index in [0.717, 1.165) is 18.8 Å². The first-order chi connectivity index (χ1) is 15.4. The highest BCUT2D eigenvalue weighted by Gasteiger charge is 2.50. The van der Waals surface area contributed by atoms with Gasteiger partial charge in [-0.25, -0.2) is 0 Å². The summed E-state index contributed by atoms with van der Waals surface area (Å²) >= 11 is 0. The predicted octanol–water partition coefficient (Wildman–Crippen LogP) is 8.14. The molecule has 0 bridgehead atoms. The van der Waals surface area contributed by atoms with Gasteiger partial charge in [-0.05, 0) is 98.6 Å². The Morgan fingerprint density at radius 3 is 1.91 bits per heavy atom. The van der Waals surface area contributed by atoms with E-state index in [1.807, 2.05) is 0 Å². The molecule has 0 aliphatic heterocycles. The number of rotatable bonds is 6. The highest BCUT2D eigenvalue weighted by Crippen LogP contribution is 2.58. The molecule has 0 radical (unpaired) electrons. The molecule has 1 fully saturated rings. The van der Waals surface area contributed by atoms with Crippen molar-refractivity contribution in [2.45, 2.75) is 103 Å². The van der Waals surface area contributed by atoms with Crippen LogP contribution in [0.1, 0.15) is 91.2 Å². The quantitative estimate of drug-likeness (QED) is 0.388. The van der Waals surface area contributed by atoms with Crippen LogP contribution in [0.25, 0.3) is 0 Å². The molecular weight excluding hydrogens is 400 g/mol. The minimum Gasteiger partial charge on any atom is -0.0840 e. The van der Waals surface area contributed by atoms with Crippen molar-refractivity contribution < 1.29 is 0 Å². The second-order valence-corrected chi connectivity index (χ2v) is 14.2. The summed E-state index contributed by atoms with van der Waals surface area (Å²) in [5, 5.41) is 2.09. The summed E-state index contributed by atoms with van der Waals surface area (Å²) in [4.78, 5) is 0. The first-order valence-corrected chi connectivity index (χ1v) is 15.1. The standard InChI is InChI=1S/C31H44Si/c1-7-26-19-27(8-2)21-29(20-26)32(30-24(5)22(3)23(4)25(30)6)31(17-13-10-14-18-31)28-15-11-9-12-16-28/h10,13-14,17,19-21,28,30,32H,7-9,11-12,15-16,18H2,1-6H3. The van der Waals surface area contributed by atoms with Crippen LogP contribution in [0.3, 0.4) is 0 Å². The van der Waals surface area contributed by atoms with Crippen LogP contribution in [0.5, 0.6) is 0 Å². The lowest BCUT2D eigenvalue weighted by molar-refractivity contribution is 0.293. The van der Waals surface area contributed by atoms with Gasteiger partial charge >= 0.3 is 0 Å². The van der Waals surface area contributed by atoms with Crippen LogP contribution in [-0.4, -0.2) is 8.80 Å². The van der Waals surface area contributed by atoms with Crippen LogP contribution in [0, 0.1) is 5.92 Å². The molecule has 2 unspecified atom stereocenters. The SMILES string of the molecule is CCc1cc(CC)cc([SiH](C2C(C)=C(C)C(C)=C2C)C2(C3CCCCC3)C=CC=CC2)c1. The topological polar surface area (TPSA) is 0 Å². The summed E-state index contributed by atoms with van der Waals surface area (Å²) in [6, 6.07) is 7.74. The van der Waals surface area contributed by atoms with Gasteiger partial charge < -0.3 is 0 Å². The molecule has 3 aliphatic rings. The minimum atomic E-state index is -1.47. The van der Waals surface area contributed by atoms with Crippen LogP contribution >= 0.6 is 0 Å². The summed E-state index contributed by atoms with van der Waals surface area (Å²) in [5.74, 6) is 0.839. The minimum absolute atomic E-state index is 0.352. The number of hydrogen-bond acceptors (Lipinski definition) is 0. The van der Waals surface area contributed by atoms with E-state index < -0.39 is 8.80 Å². The van der Waals surface area contributed by atoms with E-state index in [0.29, 0.717) is 10.6 Å². The van der Waals surface area contributed by atoms with E-state index in [2.05, 4.69) is 84.0 Å². The Bertz CT molecular complexity index is 920. The van der Waals surface area contributed by atoms with E-state index in [9.17, 15) is 0 Å². The Hall–Kier alpha value is -1.60. The van der Waals surface area contributed by atoms with Crippen molar-refractivity contribution in [1.82, 2.24) is 0 Å². The zero-order valence-electron chi connectivity index (χ0n) is 21.4. The normalized spacial score (nSPS) is 25.8. The molecule has 0 spiro atoms. The molecule has 0 heterocycles. The number of benzene rings is 1. The van der Waals surface area contributed by atoms with Crippen LogP contribution in [0.4, 0.5) is 0 Å². The van der Waals surface area contributed by atoms with Gasteiger partial charge in [-0.3, -0.25) is 0 Å². The third kappa shape index (κ3) is 4.07. The van der Waals surface area contributed by atoms with E-state index in [1.165, 1.54) is 38.5 Å². The van der Waals surface area contributed by atoms with Crippen molar-refractivity contribution in [2.75, 3.05) is 0 Å². The first-order valence-electron chi connectivity index (χ1n) is 13.2. The van der Waals surface area contributed by atoms with Gasteiger partial charge in [0.1, 0.15) is 0 Å². The summed E-state index contributed by atoms with van der Waals surface area (Å²) in [6.07, 6.45) is 20.6. The highest BCUT2D eigenvalue weighted by molar-refractivity contribution is 6.79. The number of hydrogen-bond donors (Lipinski definition) is 0. The van der Waals surface area contributed by atoms with Gasteiger partial charge in [0.15, 0.2) is 0 Å². The first kappa shape index (κ1) is 23.6. The molecule has 1 aromatic rings. The van der Waals surface area contributed by atoms with Crippen molar-refractivity contribution in [3.63, 3.8) is 0 Å². The second kappa shape index (κ2) is 9.72. The average molecular weight is 445 g/mol. The Morgan fingerprint density at radius 2 is 1.41 bits per heavy atom. The summed E-state index contributed by atoms with van der Waals surface area (Å²) in [5.41, 5.74) is 10.2. The molecule has 1 saturated carbocycles. The molecule has 172 valence electrons. The average Bonchev–Trinajstić information content (AvgIpc) is 3.03. The Balaban J connectivity index is 1.96. The number of aryl methyl sites for hydroxylation is 2. The maximum Gasteiger partial charge on any atom is 0.0927 e. The van der Waals surface area contributed by atoms with E-state index in [4.69, 9.17) is 0 Å². The van der Waals surface area contributed by atoms with Gasteiger partial charge in [0.25, 0.3) is 0 Å². The molecule has 0 N–H and O–H groups in total. The second-order valence-electron chi connectivity index (χ2n) is 10.8. The molecule has 3 aliphatic carbocycles. The maximum absolute atomic E-state index is 2.72. The van der Waals surface area contributed by atoms with Crippen LogP contribution in [0.2, 0.25) is 10.6 Å². The fraction of sp³-hybridized carbons (Fsp3) is 0.548. The lowest BCUT2D eigenvalue weighted by atomic mass is 9.76. The van der Waals surface area contributed by atoms with Crippen molar-refractivity contribution in [3.05, 3.63) is 75.9 Å². The number of allylic oxidation sites excluding steroid dienone is 8. The molecule has 0 saturated heterocycles. The molecule has 0 aromatic heterocycles. The zero-order chi connectivity index (χ0) is 22.9. The summed E-state index contributed by atoms with van der Waals surface area (Å²) in [7, 11) is -1.47. The van der Waals surface area contributed by atoms with Crippen LogP contribution < -0.4 is 5.19 Å². The Labute approximate surface area is 199 Å². The van der Waals surface area contributed by atoms with Crippen molar-refractivity contribution in [1.29, 1.82) is 0 Å². The molecule has 2 atom stereocenters. The van der Waals surface area contributed by atoms with E-state index in [1.54, 1.807) is 38.6 Å². The largest absolute Gasteiger partial charge is 0.0927 e. The predicted molar refractivity (Wildman–Crippen MR) is 145 cm³/mol.